The topological polar surface area (TPSA) is 73.6 Å². The second-order valence-corrected chi connectivity index (χ2v) is 5.79. The van der Waals surface area contributed by atoms with Crippen LogP contribution in [-0.2, 0) is 11.8 Å². The highest BCUT2D eigenvalue weighted by molar-refractivity contribution is 5.75. The first-order chi connectivity index (χ1) is 8.75. The summed E-state index contributed by atoms with van der Waals surface area (Å²) in [5, 5.41) is 0. The van der Waals surface area contributed by atoms with Crippen molar-refractivity contribution in [3.05, 3.63) is 28.8 Å². The van der Waals surface area contributed by atoms with Gasteiger partial charge in [-0.25, -0.2) is 0 Å². The van der Waals surface area contributed by atoms with Crippen molar-refractivity contribution in [1.82, 2.24) is 0 Å². The highest BCUT2D eigenvalue weighted by Gasteiger charge is 2.20. The second-order valence-electron chi connectivity index (χ2n) is 5.79. The Balaban J connectivity index is 3.09. The van der Waals surface area contributed by atoms with Crippen LogP contribution in [0, 0.1) is 6.92 Å². The smallest absolute Gasteiger partial charge is 0.185 e. The number of hydrogen-bond acceptors (Lipinski definition) is 2. The van der Waals surface area contributed by atoms with Gasteiger partial charge in [0.05, 0.1) is 7.11 Å². The summed E-state index contributed by atoms with van der Waals surface area (Å²) in [6.45, 7) is 9.23. The Hall–Kier alpha value is -1.71. The standard InChI is InChI=1S/C15H25N3O/c1-10-8-13(19-5)12(15(2,3)4)9-11(10)6-7-18-14(16)17/h8-9H,6-7H2,1-5H3,(H4,16,17,18). The molecule has 1 aromatic carbocycles. The average molecular weight is 263 g/mol. The van der Waals surface area contributed by atoms with Crippen molar-refractivity contribution in [2.24, 2.45) is 16.5 Å². The first kappa shape index (κ1) is 15.3. The summed E-state index contributed by atoms with van der Waals surface area (Å²) in [5.41, 5.74) is 14.4. The van der Waals surface area contributed by atoms with Crippen LogP contribution in [0.5, 0.6) is 5.75 Å². The third-order valence-electron chi connectivity index (χ3n) is 3.14. The molecule has 0 bridgehead atoms. The maximum Gasteiger partial charge on any atom is 0.185 e. The molecule has 19 heavy (non-hydrogen) atoms. The molecule has 0 amide bonds. The summed E-state index contributed by atoms with van der Waals surface area (Å²) < 4.78 is 5.48. The molecule has 0 aromatic heterocycles. The molecule has 0 saturated carbocycles. The maximum absolute atomic E-state index is 5.48. The average Bonchev–Trinajstić information content (AvgIpc) is 2.28. The second kappa shape index (κ2) is 5.95. The lowest BCUT2D eigenvalue weighted by Gasteiger charge is -2.24. The van der Waals surface area contributed by atoms with Crippen LogP contribution >= 0.6 is 0 Å². The van der Waals surface area contributed by atoms with E-state index in [1.165, 1.54) is 16.7 Å². The normalized spacial score (nSPS) is 11.2. The van der Waals surface area contributed by atoms with E-state index in [0.29, 0.717) is 6.54 Å². The number of ether oxygens (including phenoxy) is 1. The first-order valence-electron chi connectivity index (χ1n) is 6.49. The van der Waals surface area contributed by atoms with Gasteiger partial charge in [-0.15, -0.1) is 0 Å². The van der Waals surface area contributed by atoms with Crippen LogP contribution in [0.25, 0.3) is 0 Å². The molecule has 0 aliphatic carbocycles. The minimum Gasteiger partial charge on any atom is -0.496 e. The molecule has 0 aliphatic rings. The summed E-state index contributed by atoms with van der Waals surface area (Å²) in [7, 11) is 1.71. The lowest BCUT2D eigenvalue weighted by molar-refractivity contribution is 0.397. The Morgan fingerprint density at radius 1 is 1.26 bits per heavy atom. The van der Waals surface area contributed by atoms with Gasteiger partial charge in [0.15, 0.2) is 5.96 Å². The number of guanidine groups is 1. The summed E-state index contributed by atoms with van der Waals surface area (Å²) in [5.74, 6) is 1.08. The summed E-state index contributed by atoms with van der Waals surface area (Å²) in [6, 6.07) is 4.29. The number of nitrogens with two attached hydrogens (primary N) is 2. The van der Waals surface area contributed by atoms with Crippen LogP contribution in [0.3, 0.4) is 0 Å². The number of methoxy groups -OCH3 is 1. The van der Waals surface area contributed by atoms with Gasteiger partial charge < -0.3 is 16.2 Å². The van der Waals surface area contributed by atoms with Crippen molar-refractivity contribution in [1.29, 1.82) is 0 Å². The SMILES string of the molecule is COc1cc(C)c(CCN=C(N)N)cc1C(C)(C)C. The van der Waals surface area contributed by atoms with Gasteiger partial charge in [-0.3, -0.25) is 4.99 Å². The van der Waals surface area contributed by atoms with Crippen LogP contribution in [0.15, 0.2) is 17.1 Å². The van der Waals surface area contributed by atoms with Crippen molar-refractivity contribution in [2.75, 3.05) is 13.7 Å². The molecule has 106 valence electrons. The van der Waals surface area contributed by atoms with Crippen LogP contribution < -0.4 is 16.2 Å². The highest BCUT2D eigenvalue weighted by Crippen LogP contribution is 2.33. The predicted molar refractivity (Wildman–Crippen MR) is 80.8 cm³/mol. The van der Waals surface area contributed by atoms with Crippen LogP contribution in [-0.4, -0.2) is 19.6 Å². The van der Waals surface area contributed by atoms with E-state index >= 15 is 0 Å². The minimum atomic E-state index is 0.0456. The van der Waals surface area contributed by atoms with E-state index < -0.39 is 0 Å². The minimum absolute atomic E-state index is 0.0456. The van der Waals surface area contributed by atoms with E-state index in [4.69, 9.17) is 16.2 Å². The molecule has 1 rings (SSSR count). The van der Waals surface area contributed by atoms with E-state index in [1.807, 2.05) is 0 Å². The zero-order valence-corrected chi connectivity index (χ0v) is 12.6. The number of rotatable bonds is 4. The quantitative estimate of drug-likeness (QED) is 0.645. The molecule has 1 aromatic rings. The van der Waals surface area contributed by atoms with Gasteiger partial charge >= 0.3 is 0 Å². The molecule has 0 heterocycles. The Morgan fingerprint density at radius 2 is 1.89 bits per heavy atom. The number of nitrogens with zero attached hydrogens (tertiary/aromatic N) is 1. The van der Waals surface area contributed by atoms with Gasteiger partial charge in [0.2, 0.25) is 0 Å². The summed E-state index contributed by atoms with van der Waals surface area (Å²) >= 11 is 0. The molecule has 0 radical (unpaired) electrons. The molecule has 0 saturated heterocycles. The van der Waals surface area contributed by atoms with Gasteiger partial charge in [-0.2, -0.15) is 0 Å². The molecule has 0 unspecified atom stereocenters. The molecule has 4 heteroatoms. The van der Waals surface area contributed by atoms with Crippen LogP contribution in [0.2, 0.25) is 0 Å². The zero-order valence-electron chi connectivity index (χ0n) is 12.6. The van der Waals surface area contributed by atoms with Crippen LogP contribution in [0.1, 0.15) is 37.5 Å². The van der Waals surface area contributed by atoms with E-state index in [2.05, 4.69) is 44.8 Å². The van der Waals surface area contributed by atoms with E-state index in [-0.39, 0.29) is 11.4 Å². The van der Waals surface area contributed by atoms with Gasteiger partial charge in [0.1, 0.15) is 5.75 Å². The molecule has 0 spiro atoms. The Bertz CT molecular complexity index is 469. The number of benzene rings is 1. The Labute approximate surface area is 115 Å². The summed E-state index contributed by atoms with van der Waals surface area (Å²) in [6.07, 6.45) is 0.830. The van der Waals surface area contributed by atoms with Gasteiger partial charge in [-0.1, -0.05) is 26.8 Å². The molecular weight excluding hydrogens is 238 g/mol. The largest absolute Gasteiger partial charge is 0.496 e. The lowest BCUT2D eigenvalue weighted by Crippen LogP contribution is -2.23. The molecule has 0 fully saturated rings. The molecule has 4 nitrogen and oxygen atoms in total. The van der Waals surface area contributed by atoms with E-state index in [0.717, 1.165) is 12.2 Å². The van der Waals surface area contributed by atoms with Crippen molar-refractivity contribution in [2.45, 2.75) is 39.5 Å². The molecular formula is C15H25N3O. The number of aryl methyl sites for hydroxylation is 1. The highest BCUT2D eigenvalue weighted by atomic mass is 16.5. The van der Waals surface area contributed by atoms with Crippen molar-refractivity contribution >= 4 is 5.96 Å². The fraction of sp³-hybridized carbons (Fsp3) is 0.533. The van der Waals surface area contributed by atoms with E-state index in [9.17, 15) is 0 Å². The van der Waals surface area contributed by atoms with Crippen LogP contribution in [0.4, 0.5) is 0 Å². The number of hydrogen-bond donors (Lipinski definition) is 2. The predicted octanol–water partition coefficient (Wildman–Crippen LogP) is 2.12. The third-order valence-corrected chi connectivity index (χ3v) is 3.14. The fourth-order valence-electron chi connectivity index (χ4n) is 2.06. The summed E-state index contributed by atoms with van der Waals surface area (Å²) in [4.78, 5) is 4.04. The van der Waals surface area contributed by atoms with Crippen molar-refractivity contribution in [3.8, 4) is 5.75 Å². The fourth-order valence-corrected chi connectivity index (χ4v) is 2.06. The Kier molecular flexibility index (Phi) is 4.81. The number of aliphatic imine (C=N–C) groups is 1. The van der Waals surface area contributed by atoms with Gasteiger partial charge in [0.25, 0.3) is 0 Å². The Morgan fingerprint density at radius 3 is 2.37 bits per heavy atom. The molecule has 0 aliphatic heterocycles. The van der Waals surface area contributed by atoms with Crippen molar-refractivity contribution < 1.29 is 4.74 Å². The van der Waals surface area contributed by atoms with E-state index in [1.54, 1.807) is 7.11 Å². The van der Waals surface area contributed by atoms with Crippen molar-refractivity contribution in [3.63, 3.8) is 0 Å². The van der Waals surface area contributed by atoms with Gasteiger partial charge in [0, 0.05) is 6.54 Å². The maximum atomic E-state index is 5.48. The monoisotopic (exact) mass is 263 g/mol. The molecule has 4 N–H and O–H groups in total. The lowest BCUT2D eigenvalue weighted by atomic mass is 9.84. The first-order valence-corrected chi connectivity index (χ1v) is 6.49. The third kappa shape index (κ3) is 4.16. The zero-order chi connectivity index (χ0) is 14.6. The molecule has 0 atom stereocenters. The van der Waals surface area contributed by atoms with Gasteiger partial charge in [-0.05, 0) is 41.5 Å².